The van der Waals surface area contributed by atoms with Gasteiger partial charge in [0.1, 0.15) is 0 Å². The van der Waals surface area contributed by atoms with E-state index in [9.17, 15) is 8.42 Å². The van der Waals surface area contributed by atoms with Crippen molar-refractivity contribution in [2.45, 2.75) is 24.7 Å². The Labute approximate surface area is 89.6 Å². The number of nitrogens with zero attached hydrogens (tertiary/aromatic N) is 1. The number of nitriles is 1. The van der Waals surface area contributed by atoms with Crippen LogP contribution in [0.2, 0.25) is 0 Å². The first kappa shape index (κ1) is 11.5. The standard InChI is InChI=1S/C10H12N2O2S/c1-8(2)9-5-3-4-6-10(9)15(13,14)12-7-11/h3-6,8,12H,1-2H3. The van der Waals surface area contributed by atoms with Crippen molar-refractivity contribution < 1.29 is 8.42 Å². The van der Waals surface area contributed by atoms with Crippen molar-refractivity contribution in [1.82, 2.24) is 4.72 Å². The predicted octanol–water partition coefficient (Wildman–Crippen LogP) is 1.57. The molecule has 0 radical (unpaired) electrons. The molecular formula is C10H12N2O2S. The molecule has 1 aromatic carbocycles. The van der Waals surface area contributed by atoms with Crippen LogP contribution in [-0.2, 0) is 10.0 Å². The summed E-state index contributed by atoms with van der Waals surface area (Å²) in [5.74, 6) is 0.0940. The van der Waals surface area contributed by atoms with Crippen LogP contribution in [0.5, 0.6) is 0 Å². The summed E-state index contributed by atoms with van der Waals surface area (Å²) in [6.07, 6.45) is 1.43. The Bertz CT molecular complexity index is 486. The molecule has 1 rings (SSSR count). The molecular weight excluding hydrogens is 212 g/mol. The van der Waals surface area contributed by atoms with E-state index in [1.807, 2.05) is 18.6 Å². The van der Waals surface area contributed by atoms with Gasteiger partial charge in [-0.15, -0.1) is 0 Å². The Kier molecular flexibility index (Phi) is 3.32. The minimum absolute atomic E-state index is 0.0940. The molecule has 0 aliphatic rings. The minimum Gasteiger partial charge on any atom is -0.215 e. The van der Waals surface area contributed by atoms with Gasteiger partial charge in [0.05, 0.1) is 4.90 Å². The van der Waals surface area contributed by atoms with Crippen molar-refractivity contribution in [2.75, 3.05) is 0 Å². The molecule has 0 aliphatic carbocycles. The van der Waals surface area contributed by atoms with Crippen LogP contribution in [0.4, 0.5) is 0 Å². The topological polar surface area (TPSA) is 70.0 Å². The van der Waals surface area contributed by atoms with E-state index in [4.69, 9.17) is 5.26 Å². The Morgan fingerprint density at radius 1 is 1.33 bits per heavy atom. The Morgan fingerprint density at radius 2 is 1.93 bits per heavy atom. The van der Waals surface area contributed by atoms with Crippen LogP contribution in [0.25, 0.3) is 0 Å². The molecule has 80 valence electrons. The Hall–Kier alpha value is -1.54. The summed E-state index contributed by atoms with van der Waals surface area (Å²) >= 11 is 0. The van der Waals surface area contributed by atoms with Crippen molar-refractivity contribution in [3.63, 3.8) is 0 Å². The largest absolute Gasteiger partial charge is 0.270 e. The third kappa shape index (κ3) is 2.48. The van der Waals surface area contributed by atoms with Crippen molar-refractivity contribution in [3.8, 4) is 6.19 Å². The fourth-order valence-corrected chi connectivity index (χ4v) is 2.42. The first-order valence-corrected chi connectivity index (χ1v) is 5.97. The maximum atomic E-state index is 11.6. The number of hydrogen-bond donors (Lipinski definition) is 1. The summed E-state index contributed by atoms with van der Waals surface area (Å²) in [5, 5.41) is 8.35. The van der Waals surface area contributed by atoms with Crippen LogP contribution in [0.1, 0.15) is 25.3 Å². The van der Waals surface area contributed by atoms with Crippen molar-refractivity contribution in [1.29, 1.82) is 5.26 Å². The third-order valence-electron chi connectivity index (χ3n) is 2.01. The fourth-order valence-electron chi connectivity index (χ4n) is 1.32. The second-order valence-electron chi connectivity index (χ2n) is 3.41. The third-order valence-corrected chi connectivity index (χ3v) is 3.32. The molecule has 0 saturated carbocycles. The van der Waals surface area contributed by atoms with Crippen LogP contribution >= 0.6 is 0 Å². The second kappa shape index (κ2) is 4.32. The van der Waals surface area contributed by atoms with E-state index in [0.29, 0.717) is 5.56 Å². The lowest BCUT2D eigenvalue weighted by Crippen LogP contribution is -2.19. The zero-order chi connectivity index (χ0) is 11.5. The monoisotopic (exact) mass is 224 g/mol. The van der Waals surface area contributed by atoms with E-state index >= 15 is 0 Å². The Balaban J connectivity index is 3.33. The molecule has 1 N–H and O–H groups in total. The van der Waals surface area contributed by atoms with Gasteiger partial charge in [0, 0.05) is 0 Å². The Morgan fingerprint density at radius 3 is 2.47 bits per heavy atom. The SMILES string of the molecule is CC(C)c1ccccc1S(=O)(=O)NC#N. The number of rotatable bonds is 3. The van der Waals surface area contributed by atoms with Crippen LogP contribution in [0, 0.1) is 11.5 Å². The van der Waals surface area contributed by atoms with Gasteiger partial charge in [-0.25, -0.2) is 13.1 Å². The van der Waals surface area contributed by atoms with Gasteiger partial charge in [-0.2, -0.15) is 5.26 Å². The highest BCUT2D eigenvalue weighted by Crippen LogP contribution is 2.22. The number of nitrogens with one attached hydrogen (secondary N) is 1. The smallest absolute Gasteiger partial charge is 0.215 e. The van der Waals surface area contributed by atoms with E-state index in [2.05, 4.69) is 0 Å². The maximum absolute atomic E-state index is 11.6. The van der Waals surface area contributed by atoms with Crippen molar-refractivity contribution in [3.05, 3.63) is 29.8 Å². The van der Waals surface area contributed by atoms with Crippen molar-refractivity contribution in [2.24, 2.45) is 0 Å². The van der Waals surface area contributed by atoms with Gasteiger partial charge in [-0.3, -0.25) is 0 Å². The van der Waals surface area contributed by atoms with Gasteiger partial charge in [-0.05, 0) is 17.5 Å². The van der Waals surface area contributed by atoms with E-state index in [1.54, 1.807) is 18.2 Å². The molecule has 4 nitrogen and oxygen atoms in total. The highest BCUT2D eigenvalue weighted by atomic mass is 32.2. The summed E-state index contributed by atoms with van der Waals surface area (Å²) in [7, 11) is -3.70. The van der Waals surface area contributed by atoms with Gasteiger partial charge in [-0.1, -0.05) is 32.0 Å². The molecule has 0 aromatic heterocycles. The normalized spacial score (nSPS) is 11.1. The zero-order valence-corrected chi connectivity index (χ0v) is 9.38. The molecule has 0 amide bonds. The lowest BCUT2D eigenvalue weighted by Gasteiger charge is -2.11. The molecule has 0 saturated heterocycles. The zero-order valence-electron chi connectivity index (χ0n) is 8.56. The summed E-state index contributed by atoms with van der Waals surface area (Å²) in [5.41, 5.74) is 0.709. The van der Waals surface area contributed by atoms with Crippen molar-refractivity contribution >= 4 is 10.0 Å². The van der Waals surface area contributed by atoms with Crippen LogP contribution in [0.15, 0.2) is 29.2 Å². The molecule has 0 unspecified atom stereocenters. The molecule has 15 heavy (non-hydrogen) atoms. The molecule has 0 spiro atoms. The second-order valence-corrected chi connectivity index (χ2v) is 5.06. The van der Waals surface area contributed by atoms with Crippen LogP contribution < -0.4 is 4.72 Å². The van der Waals surface area contributed by atoms with E-state index < -0.39 is 10.0 Å². The van der Waals surface area contributed by atoms with Crippen LogP contribution in [0.3, 0.4) is 0 Å². The van der Waals surface area contributed by atoms with Gasteiger partial charge in [0.25, 0.3) is 10.0 Å². The fraction of sp³-hybridized carbons (Fsp3) is 0.300. The highest BCUT2D eigenvalue weighted by Gasteiger charge is 2.18. The lowest BCUT2D eigenvalue weighted by atomic mass is 10.0. The van der Waals surface area contributed by atoms with Crippen LogP contribution in [-0.4, -0.2) is 8.42 Å². The van der Waals surface area contributed by atoms with Gasteiger partial charge in [0.15, 0.2) is 6.19 Å². The van der Waals surface area contributed by atoms with Gasteiger partial charge >= 0.3 is 0 Å². The maximum Gasteiger partial charge on any atom is 0.270 e. The highest BCUT2D eigenvalue weighted by molar-refractivity contribution is 7.89. The number of hydrogen-bond acceptors (Lipinski definition) is 3. The molecule has 0 fully saturated rings. The first-order chi connectivity index (χ1) is 6.99. The van der Waals surface area contributed by atoms with Gasteiger partial charge < -0.3 is 0 Å². The van der Waals surface area contributed by atoms with Gasteiger partial charge in [0.2, 0.25) is 0 Å². The quantitative estimate of drug-likeness (QED) is 0.625. The average molecular weight is 224 g/mol. The minimum atomic E-state index is -3.70. The lowest BCUT2D eigenvalue weighted by molar-refractivity contribution is 0.589. The number of benzene rings is 1. The molecule has 0 bridgehead atoms. The van der Waals surface area contributed by atoms with E-state index in [1.165, 1.54) is 12.3 Å². The summed E-state index contributed by atoms with van der Waals surface area (Å²) in [6.45, 7) is 3.81. The van der Waals surface area contributed by atoms with E-state index in [0.717, 1.165) is 0 Å². The summed E-state index contributed by atoms with van der Waals surface area (Å²) in [6, 6.07) is 6.66. The molecule has 0 heterocycles. The summed E-state index contributed by atoms with van der Waals surface area (Å²) in [4.78, 5) is 0.168. The van der Waals surface area contributed by atoms with E-state index in [-0.39, 0.29) is 10.8 Å². The summed E-state index contributed by atoms with van der Waals surface area (Å²) < 4.78 is 25.1. The number of sulfonamides is 1. The molecule has 1 aromatic rings. The first-order valence-electron chi connectivity index (χ1n) is 4.49. The molecule has 5 heteroatoms. The molecule has 0 atom stereocenters. The average Bonchev–Trinajstić information content (AvgIpc) is 2.17. The predicted molar refractivity (Wildman–Crippen MR) is 56.5 cm³/mol. The molecule has 0 aliphatic heterocycles.